The van der Waals surface area contributed by atoms with E-state index in [-0.39, 0.29) is 18.6 Å². The standard InChI is InChI=1S/C31H37NO5/c1-18(2)22-7-9-23(10-8-22)28-20(5)15-26(16-21(28)6)37-29(19(3)4)24-11-13-25(14-12-24)30(34)32-17-27(33)31(35)36/h7-16,18-19,27,29,33H,17H2,1-6H3,(H,32,34)(H,35,36). The van der Waals surface area contributed by atoms with Gasteiger partial charge in [0, 0.05) is 5.56 Å². The Morgan fingerprint density at radius 3 is 1.89 bits per heavy atom. The molecule has 0 aliphatic carbocycles. The Kier molecular flexibility index (Phi) is 9.11. The highest BCUT2D eigenvalue weighted by Crippen LogP contribution is 2.35. The van der Waals surface area contributed by atoms with Crippen LogP contribution in [0.2, 0.25) is 0 Å². The van der Waals surface area contributed by atoms with Crippen LogP contribution in [0.3, 0.4) is 0 Å². The molecule has 0 aliphatic heterocycles. The van der Waals surface area contributed by atoms with Crippen LogP contribution in [0.5, 0.6) is 5.75 Å². The van der Waals surface area contributed by atoms with Gasteiger partial charge in [0.25, 0.3) is 5.91 Å². The van der Waals surface area contributed by atoms with Gasteiger partial charge in [0.2, 0.25) is 0 Å². The Balaban J connectivity index is 1.78. The van der Waals surface area contributed by atoms with Crippen LogP contribution in [0.4, 0.5) is 0 Å². The molecule has 1 amide bonds. The Morgan fingerprint density at radius 2 is 1.41 bits per heavy atom. The molecule has 196 valence electrons. The van der Waals surface area contributed by atoms with Crippen molar-refractivity contribution in [2.24, 2.45) is 5.92 Å². The van der Waals surface area contributed by atoms with Crippen molar-refractivity contribution in [3.63, 3.8) is 0 Å². The maximum atomic E-state index is 12.3. The number of carbonyl (C=O) groups is 2. The highest BCUT2D eigenvalue weighted by Gasteiger charge is 2.20. The number of hydrogen-bond donors (Lipinski definition) is 3. The van der Waals surface area contributed by atoms with Gasteiger partial charge < -0.3 is 20.3 Å². The molecule has 0 aromatic heterocycles. The smallest absolute Gasteiger partial charge is 0.334 e. The van der Waals surface area contributed by atoms with Crippen molar-refractivity contribution in [2.45, 2.75) is 59.7 Å². The summed E-state index contributed by atoms with van der Waals surface area (Å²) < 4.78 is 6.47. The predicted octanol–water partition coefficient (Wildman–Crippen LogP) is 6.05. The monoisotopic (exact) mass is 503 g/mol. The van der Waals surface area contributed by atoms with Crippen LogP contribution in [-0.2, 0) is 4.79 Å². The topological polar surface area (TPSA) is 95.9 Å². The highest BCUT2D eigenvalue weighted by atomic mass is 16.5. The third-order valence-electron chi connectivity index (χ3n) is 6.48. The summed E-state index contributed by atoms with van der Waals surface area (Å²) in [5, 5.41) is 20.5. The van der Waals surface area contributed by atoms with Crippen LogP contribution in [0.25, 0.3) is 11.1 Å². The summed E-state index contributed by atoms with van der Waals surface area (Å²) in [6, 6.07) is 19.9. The molecule has 3 rings (SSSR count). The van der Waals surface area contributed by atoms with Crippen molar-refractivity contribution >= 4 is 11.9 Å². The number of ether oxygens (including phenoxy) is 1. The zero-order chi connectivity index (χ0) is 27.3. The molecule has 0 fully saturated rings. The lowest BCUT2D eigenvalue weighted by atomic mass is 9.93. The van der Waals surface area contributed by atoms with Crippen LogP contribution < -0.4 is 10.1 Å². The SMILES string of the molecule is Cc1cc(OC(c2ccc(C(=O)NCC(O)C(=O)O)cc2)C(C)C)cc(C)c1-c1ccc(C(C)C)cc1. The zero-order valence-corrected chi connectivity index (χ0v) is 22.4. The van der Waals surface area contributed by atoms with Crippen molar-refractivity contribution in [3.05, 3.63) is 88.5 Å². The fourth-order valence-corrected chi connectivity index (χ4v) is 4.42. The number of carboxylic acid groups (broad SMARTS) is 1. The van der Waals surface area contributed by atoms with Gasteiger partial charge in [0.1, 0.15) is 11.9 Å². The molecule has 6 nitrogen and oxygen atoms in total. The molecular weight excluding hydrogens is 466 g/mol. The van der Waals surface area contributed by atoms with Gasteiger partial charge in [-0.15, -0.1) is 0 Å². The summed E-state index contributed by atoms with van der Waals surface area (Å²) >= 11 is 0. The first kappa shape index (κ1) is 27.9. The molecule has 0 saturated carbocycles. The minimum atomic E-state index is -1.64. The van der Waals surface area contributed by atoms with E-state index in [1.165, 1.54) is 16.7 Å². The second-order valence-electron chi connectivity index (χ2n) is 10.2. The molecule has 0 spiro atoms. The molecule has 0 saturated heterocycles. The Labute approximate surface area is 219 Å². The number of aliphatic carboxylic acids is 1. The number of hydrogen-bond acceptors (Lipinski definition) is 4. The lowest BCUT2D eigenvalue weighted by molar-refractivity contribution is -0.146. The summed E-state index contributed by atoms with van der Waals surface area (Å²) in [6.07, 6.45) is -1.86. The molecule has 2 atom stereocenters. The van der Waals surface area contributed by atoms with E-state index in [0.717, 1.165) is 22.4 Å². The van der Waals surface area contributed by atoms with Crippen molar-refractivity contribution in [3.8, 4) is 16.9 Å². The van der Waals surface area contributed by atoms with Crippen LogP contribution >= 0.6 is 0 Å². The molecule has 37 heavy (non-hydrogen) atoms. The summed E-state index contributed by atoms with van der Waals surface area (Å²) in [5.74, 6) is -0.365. The summed E-state index contributed by atoms with van der Waals surface area (Å²) in [4.78, 5) is 23.0. The molecule has 3 aromatic carbocycles. The second kappa shape index (κ2) is 12.1. The number of rotatable bonds is 10. The average molecular weight is 504 g/mol. The molecule has 2 unspecified atom stereocenters. The number of aryl methyl sites for hydroxylation is 2. The number of nitrogens with one attached hydrogen (secondary N) is 1. The molecule has 0 heterocycles. The van der Waals surface area contributed by atoms with Gasteiger partial charge in [-0.2, -0.15) is 0 Å². The summed E-state index contributed by atoms with van der Waals surface area (Å²) in [6.45, 7) is 12.4. The average Bonchev–Trinajstić information content (AvgIpc) is 2.85. The van der Waals surface area contributed by atoms with Gasteiger partial charge in [-0.3, -0.25) is 4.79 Å². The maximum Gasteiger partial charge on any atom is 0.334 e. The number of amides is 1. The van der Waals surface area contributed by atoms with E-state index in [2.05, 4.69) is 83.3 Å². The number of carboxylic acids is 1. The van der Waals surface area contributed by atoms with Crippen molar-refractivity contribution < 1.29 is 24.5 Å². The van der Waals surface area contributed by atoms with E-state index in [4.69, 9.17) is 9.84 Å². The maximum absolute atomic E-state index is 12.3. The molecule has 0 bridgehead atoms. The van der Waals surface area contributed by atoms with E-state index < -0.39 is 18.0 Å². The highest BCUT2D eigenvalue weighted by molar-refractivity contribution is 5.94. The third kappa shape index (κ3) is 6.98. The van der Waals surface area contributed by atoms with Crippen LogP contribution in [0.15, 0.2) is 60.7 Å². The minimum absolute atomic E-state index is 0.175. The Bertz CT molecular complexity index is 1210. The summed E-state index contributed by atoms with van der Waals surface area (Å²) in [7, 11) is 0. The molecular formula is C31H37NO5. The van der Waals surface area contributed by atoms with Crippen molar-refractivity contribution in [1.82, 2.24) is 5.32 Å². The number of aliphatic hydroxyl groups excluding tert-OH is 1. The van der Waals surface area contributed by atoms with Crippen LogP contribution in [-0.4, -0.2) is 34.7 Å². The molecule has 3 aromatic rings. The number of benzene rings is 3. The van der Waals surface area contributed by atoms with Gasteiger partial charge in [0.05, 0.1) is 6.54 Å². The van der Waals surface area contributed by atoms with Gasteiger partial charge in [0.15, 0.2) is 6.10 Å². The molecule has 0 aliphatic rings. The fraction of sp³-hybridized carbons (Fsp3) is 0.355. The van der Waals surface area contributed by atoms with Gasteiger partial charge in [-0.05, 0) is 83.3 Å². The third-order valence-corrected chi connectivity index (χ3v) is 6.48. The second-order valence-corrected chi connectivity index (χ2v) is 10.2. The van der Waals surface area contributed by atoms with Gasteiger partial charge in [-0.25, -0.2) is 4.79 Å². The van der Waals surface area contributed by atoms with E-state index in [1.807, 2.05) is 12.1 Å². The van der Waals surface area contributed by atoms with E-state index in [1.54, 1.807) is 12.1 Å². The first-order valence-electron chi connectivity index (χ1n) is 12.6. The predicted molar refractivity (Wildman–Crippen MR) is 146 cm³/mol. The lowest BCUT2D eigenvalue weighted by Gasteiger charge is -2.24. The van der Waals surface area contributed by atoms with E-state index in [9.17, 15) is 14.7 Å². The van der Waals surface area contributed by atoms with Crippen molar-refractivity contribution in [1.29, 1.82) is 0 Å². The summed E-state index contributed by atoms with van der Waals surface area (Å²) in [5.41, 5.74) is 7.32. The lowest BCUT2D eigenvalue weighted by Crippen LogP contribution is -2.36. The molecule has 3 N–H and O–H groups in total. The Hall–Kier alpha value is -3.64. The van der Waals surface area contributed by atoms with Gasteiger partial charge in [-0.1, -0.05) is 64.1 Å². The van der Waals surface area contributed by atoms with E-state index in [0.29, 0.717) is 11.5 Å². The quantitative estimate of drug-likeness (QED) is 0.313. The first-order valence-corrected chi connectivity index (χ1v) is 12.6. The van der Waals surface area contributed by atoms with Crippen molar-refractivity contribution in [2.75, 3.05) is 6.54 Å². The first-order chi connectivity index (χ1) is 17.5. The molecule has 0 radical (unpaired) electrons. The number of carbonyl (C=O) groups excluding carboxylic acids is 1. The number of aliphatic hydroxyl groups is 1. The molecule has 6 heteroatoms. The zero-order valence-electron chi connectivity index (χ0n) is 22.4. The van der Waals surface area contributed by atoms with Gasteiger partial charge >= 0.3 is 5.97 Å². The fourth-order valence-electron chi connectivity index (χ4n) is 4.42. The minimum Gasteiger partial charge on any atom is -0.485 e. The van der Waals surface area contributed by atoms with Crippen LogP contribution in [0.1, 0.15) is 72.3 Å². The largest absolute Gasteiger partial charge is 0.485 e. The Morgan fingerprint density at radius 1 is 0.865 bits per heavy atom. The van der Waals surface area contributed by atoms with E-state index >= 15 is 0 Å². The van der Waals surface area contributed by atoms with Crippen LogP contribution in [0, 0.1) is 19.8 Å². The normalized spacial score (nSPS) is 12.9.